The third-order valence-electron chi connectivity index (χ3n) is 0. The van der Waals surface area contributed by atoms with Gasteiger partial charge in [0.2, 0.25) is 0 Å². The molecule has 0 fully saturated rings. The van der Waals surface area contributed by atoms with Gasteiger partial charge in [0.05, 0.1) is 0 Å². The molecule has 63 valence electrons. The summed E-state index contributed by atoms with van der Waals surface area (Å²) in [7, 11) is 0. The molecule has 1 radical (unpaired) electrons. The third-order valence-corrected chi connectivity index (χ3v) is 0. The summed E-state index contributed by atoms with van der Waals surface area (Å²) >= 11 is 0. The Morgan fingerprint density at radius 2 is 0.333 bits per heavy atom. The molecule has 0 atom stereocenters. The van der Waals surface area contributed by atoms with Crippen LogP contribution in [0.15, 0.2) is 0 Å². The maximum atomic E-state index is 0. The van der Waals surface area contributed by atoms with Gasteiger partial charge >= 0.3 is 0 Å². The second-order valence-electron chi connectivity index (χ2n) is 0. The van der Waals surface area contributed by atoms with Gasteiger partial charge in [-0.2, -0.15) is 0 Å². The predicted octanol–water partition coefficient (Wildman–Crippen LogP) is -0.0125. The average molecular weight is 462 g/mol. The van der Waals surface area contributed by atoms with Crippen LogP contribution in [-0.4, -0.2) is 0 Å². The molecule has 0 aromatic carbocycles. The summed E-state index contributed by atoms with van der Waals surface area (Å²) in [6.07, 6.45) is 0. The fraction of sp³-hybridized carbons (Fsp3) is 0. The summed E-state index contributed by atoms with van der Waals surface area (Å²) in [6, 6.07) is 0. The van der Waals surface area contributed by atoms with Crippen LogP contribution in [0.2, 0.25) is 0 Å². The monoisotopic (exact) mass is 459 g/mol. The van der Waals surface area contributed by atoms with Crippen molar-refractivity contribution in [2.24, 2.45) is 0 Å². The zero-order chi connectivity index (χ0) is 0. The van der Waals surface area contributed by atoms with Gasteiger partial charge in [-0.1, -0.05) is 0 Å². The summed E-state index contributed by atoms with van der Waals surface area (Å²) in [5.74, 6) is 0. The maximum Gasteiger partial charge on any atom is 0 e. The molecule has 0 nitrogen and oxygen atoms in total. The average Bonchev–Trinajstić information content (AvgIpc) is 0. The predicted molar refractivity (Wildman–Crippen MR) is 0 cm³/mol. The summed E-state index contributed by atoms with van der Waals surface area (Å²) in [5.41, 5.74) is 0. The normalized spacial score (nSPS) is 0. The van der Waals surface area contributed by atoms with Gasteiger partial charge in [-0.05, 0) is 0 Å². The Labute approximate surface area is 117 Å². The molecule has 0 amide bonds. The molecule has 0 N–H and O–H groups in total. The van der Waals surface area contributed by atoms with E-state index in [0.717, 1.165) is 0 Å². The van der Waals surface area contributed by atoms with Gasteiger partial charge < -0.3 is 0 Å². The standard InChI is InChI=1S/5Ni.Tm. The number of rotatable bonds is 0. The second-order valence-corrected chi connectivity index (χ2v) is 0. The zero-order valence-electron chi connectivity index (χ0n) is 1.86. The summed E-state index contributed by atoms with van der Waals surface area (Å²) in [4.78, 5) is 0. The quantitative estimate of drug-likeness (QED) is 0.445. The molecule has 6 heavy (non-hydrogen) atoms. The first-order chi connectivity index (χ1) is 0. The van der Waals surface area contributed by atoms with Gasteiger partial charge in [-0.15, -0.1) is 0 Å². The van der Waals surface area contributed by atoms with Crippen molar-refractivity contribution in [1.82, 2.24) is 0 Å². The molecule has 0 aliphatic rings. The summed E-state index contributed by atoms with van der Waals surface area (Å²) in [6.45, 7) is 0. The molecule has 0 aromatic heterocycles. The van der Waals surface area contributed by atoms with E-state index in [4.69, 9.17) is 0 Å². The summed E-state index contributed by atoms with van der Waals surface area (Å²) < 4.78 is 0. The molecule has 6 heteroatoms. The van der Waals surface area contributed by atoms with Crippen molar-refractivity contribution >= 4 is 0 Å². The van der Waals surface area contributed by atoms with E-state index in [9.17, 15) is 0 Å². The molecule has 0 aromatic rings. The van der Waals surface area contributed by atoms with Gasteiger partial charge in [0.25, 0.3) is 0 Å². The van der Waals surface area contributed by atoms with Crippen LogP contribution in [0.25, 0.3) is 0 Å². The number of hydrogen-bond donors (Lipinski definition) is 0. The fourth-order valence-electron chi connectivity index (χ4n) is 0. The van der Waals surface area contributed by atoms with E-state index in [-0.39, 0.29) is 119 Å². The van der Waals surface area contributed by atoms with E-state index >= 15 is 0 Å². The second kappa shape index (κ2) is 37.7. The van der Waals surface area contributed by atoms with Crippen LogP contribution in [0.1, 0.15) is 0 Å². The molecule has 0 bridgehead atoms. The van der Waals surface area contributed by atoms with Gasteiger partial charge in [-0.25, -0.2) is 0 Å². The maximum absolute atomic E-state index is 0. The Morgan fingerprint density at radius 3 is 0.333 bits per heavy atom. The fourth-order valence-corrected chi connectivity index (χ4v) is 0. The van der Waals surface area contributed by atoms with Gasteiger partial charge in [0.15, 0.2) is 0 Å². The first-order valence-electron chi connectivity index (χ1n) is 0. The zero-order valence-corrected chi connectivity index (χ0v) is 8.58. The molecule has 0 unspecified atom stereocenters. The number of hydrogen-bond acceptors (Lipinski definition) is 0. The molecular weight excluding hydrogens is 462 g/mol. The van der Waals surface area contributed by atoms with E-state index in [1.807, 2.05) is 0 Å². The van der Waals surface area contributed by atoms with E-state index in [1.165, 1.54) is 0 Å². The smallest absolute Gasteiger partial charge is 0 e. The van der Waals surface area contributed by atoms with E-state index in [0.29, 0.717) is 0 Å². The molecule has 0 saturated carbocycles. The van der Waals surface area contributed by atoms with Crippen molar-refractivity contribution in [2.75, 3.05) is 0 Å². The topological polar surface area (TPSA) is 0 Å². The molecule has 0 heterocycles. The van der Waals surface area contributed by atoms with Gasteiger partial charge in [0, 0.05) is 119 Å². The van der Waals surface area contributed by atoms with Crippen LogP contribution >= 0.6 is 0 Å². The molecule has 0 rings (SSSR count). The van der Waals surface area contributed by atoms with Crippen molar-refractivity contribution in [1.29, 1.82) is 0 Å². The largest absolute Gasteiger partial charge is 0 e. The molecule has 0 aliphatic heterocycles. The van der Waals surface area contributed by atoms with E-state index < -0.39 is 0 Å². The van der Waals surface area contributed by atoms with E-state index in [1.54, 1.807) is 0 Å². The van der Waals surface area contributed by atoms with Crippen molar-refractivity contribution < 1.29 is 119 Å². The minimum Gasteiger partial charge on any atom is 0 e. The van der Waals surface area contributed by atoms with Crippen molar-refractivity contribution in [2.45, 2.75) is 0 Å². The Kier molecular flexibility index (Phi) is 337. The van der Waals surface area contributed by atoms with Crippen LogP contribution in [0.5, 0.6) is 0 Å². The Morgan fingerprint density at radius 1 is 0.333 bits per heavy atom. The SMILES string of the molecule is [Ni].[Ni].[Ni].[Ni].[Ni].[Tm]. The minimum atomic E-state index is 0. The Bertz CT molecular complexity index is 3.90. The first kappa shape index (κ1) is 53.6. The van der Waals surface area contributed by atoms with Crippen molar-refractivity contribution in [3.05, 3.63) is 0 Å². The molecule has 0 spiro atoms. The van der Waals surface area contributed by atoms with Gasteiger partial charge in [-0.3, -0.25) is 0 Å². The van der Waals surface area contributed by atoms with Crippen molar-refractivity contribution in [3.63, 3.8) is 0 Å². The van der Waals surface area contributed by atoms with Crippen LogP contribution in [0, 0.1) is 36.9 Å². The molecule has 0 aliphatic carbocycles. The van der Waals surface area contributed by atoms with Gasteiger partial charge in [0.1, 0.15) is 0 Å². The van der Waals surface area contributed by atoms with Crippen LogP contribution < -0.4 is 0 Å². The van der Waals surface area contributed by atoms with Crippen LogP contribution in [0.4, 0.5) is 0 Å². The first-order valence-corrected chi connectivity index (χ1v) is 0. The van der Waals surface area contributed by atoms with Crippen molar-refractivity contribution in [3.8, 4) is 0 Å². The molecular formula is Ni5Tm. The van der Waals surface area contributed by atoms with Crippen LogP contribution in [0.3, 0.4) is 0 Å². The Hall–Kier alpha value is 3.70. The van der Waals surface area contributed by atoms with E-state index in [2.05, 4.69) is 0 Å². The third kappa shape index (κ3) is 25.2. The van der Waals surface area contributed by atoms with Crippen LogP contribution in [-0.2, 0) is 82.5 Å². The summed E-state index contributed by atoms with van der Waals surface area (Å²) in [5, 5.41) is 0. The Balaban J connectivity index is 0. The minimum absolute atomic E-state index is 0. The molecule has 0 saturated heterocycles.